The molecule has 1 aromatic carbocycles. The Balaban J connectivity index is 2.27. The third kappa shape index (κ3) is 2.49. The quantitative estimate of drug-likeness (QED) is 0.867. The van der Waals surface area contributed by atoms with Crippen LogP contribution < -0.4 is 10.1 Å². The maximum atomic E-state index is 13.4. The van der Waals surface area contributed by atoms with E-state index < -0.39 is 5.60 Å². The Bertz CT molecular complexity index is 414. The summed E-state index contributed by atoms with van der Waals surface area (Å²) in [6, 6.07) is 4.75. The average Bonchev–Trinajstić information content (AvgIpc) is 2.39. The number of benzene rings is 1. The van der Waals surface area contributed by atoms with Gasteiger partial charge in [-0.3, -0.25) is 0 Å². The molecule has 1 saturated carbocycles. The molecule has 4 heteroatoms. The van der Waals surface area contributed by atoms with Gasteiger partial charge in [-0.25, -0.2) is 4.39 Å². The van der Waals surface area contributed by atoms with Crippen LogP contribution in [0.1, 0.15) is 31.2 Å². The zero-order valence-electron chi connectivity index (χ0n) is 10.9. The highest BCUT2D eigenvalue weighted by Gasteiger charge is 2.36. The number of halogens is 1. The van der Waals surface area contributed by atoms with E-state index in [4.69, 9.17) is 4.74 Å². The maximum Gasteiger partial charge on any atom is 0.125 e. The summed E-state index contributed by atoms with van der Waals surface area (Å²) in [4.78, 5) is 0. The fraction of sp³-hybridized carbons (Fsp3) is 0.571. The van der Waals surface area contributed by atoms with Crippen LogP contribution in [-0.4, -0.2) is 25.3 Å². The molecule has 1 aliphatic rings. The molecule has 0 aliphatic heterocycles. The second-order valence-corrected chi connectivity index (χ2v) is 4.94. The summed E-state index contributed by atoms with van der Waals surface area (Å²) in [5.74, 6) is 0.219. The zero-order chi connectivity index (χ0) is 13.2. The molecule has 1 aromatic rings. The van der Waals surface area contributed by atoms with Gasteiger partial charge < -0.3 is 15.2 Å². The smallest absolute Gasteiger partial charge is 0.125 e. The number of ether oxygens (including phenoxy) is 1. The zero-order valence-corrected chi connectivity index (χ0v) is 10.9. The van der Waals surface area contributed by atoms with Crippen LogP contribution in [0, 0.1) is 5.82 Å². The fourth-order valence-electron chi connectivity index (χ4n) is 2.70. The van der Waals surface area contributed by atoms with Gasteiger partial charge in [-0.2, -0.15) is 0 Å². The minimum absolute atomic E-state index is 0.338. The summed E-state index contributed by atoms with van der Waals surface area (Å²) in [6.45, 7) is 0. The molecular weight excluding hydrogens is 233 g/mol. The monoisotopic (exact) mass is 253 g/mol. The standard InChI is InChI=1S/C14H20FNO2/c1-16-11-5-7-14(17,8-6-11)12-9-10(15)3-4-13(12)18-2/h3-4,9,11,16-17H,5-8H2,1-2H3. The number of hydrogen-bond acceptors (Lipinski definition) is 3. The summed E-state index contributed by atoms with van der Waals surface area (Å²) in [5.41, 5.74) is -0.402. The van der Waals surface area contributed by atoms with E-state index in [2.05, 4.69) is 5.32 Å². The van der Waals surface area contributed by atoms with Crippen LogP contribution in [0.4, 0.5) is 4.39 Å². The first-order valence-corrected chi connectivity index (χ1v) is 6.33. The fourth-order valence-corrected chi connectivity index (χ4v) is 2.70. The van der Waals surface area contributed by atoms with Crippen LogP contribution in [0.15, 0.2) is 18.2 Å². The molecule has 0 atom stereocenters. The normalized spacial score (nSPS) is 28.1. The Morgan fingerprint density at radius 3 is 2.61 bits per heavy atom. The largest absolute Gasteiger partial charge is 0.496 e. The minimum Gasteiger partial charge on any atom is -0.496 e. The van der Waals surface area contributed by atoms with Gasteiger partial charge in [0.15, 0.2) is 0 Å². The van der Waals surface area contributed by atoms with Crippen LogP contribution in [0.5, 0.6) is 5.75 Å². The summed E-state index contributed by atoms with van der Waals surface area (Å²) in [7, 11) is 3.47. The van der Waals surface area contributed by atoms with Crippen molar-refractivity contribution in [3.05, 3.63) is 29.6 Å². The molecule has 0 aromatic heterocycles. The van der Waals surface area contributed by atoms with E-state index in [0.29, 0.717) is 30.2 Å². The molecule has 1 aliphatic carbocycles. The van der Waals surface area contributed by atoms with Crippen molar-refractivity contribution in [1.29, 1.82) is 0 Å². The molecule has 0 radical (unpaired) electrons. The van der Waals surface area contributed by atoms with E-state index in [9.17, 15) is 9.50 Å². The van der Waals surface area contributed by atoms with Crippen molar-refractivity contribution in [3.63, 3.8) is 0 Å². The molecule has 2 N–H and O–H groups in total. The number of methoxy groups -OCH3 is 1. The van der Waals surface area contributed by atoms with Crippen LogP contribution in [0.25, 0.3) is 0 Å². The predicted molar refractivity (Wildman–Crippen MR) is 68.2 cm³/mol. The second-order valence-electron chi connectivity index (χ2n) is 4.94. The lowest BCUT2D eigenvalue weighted by Crippen LogP contribution is -2.38. The van der Waals surface area contributed by atoms with Crippen molar-refractivity contribution in [3.8, 4) is 5.75 Å². The van der Waals surface area contributed by atoms with Gasteiger partial charge in [0.1, 0.15) is 11.6 Å². The molecule has 2 rings (SSSR count). The van der Waals surface area contributed by atoms with Crippen molar-refractivity contribution < 1.29 is 14.2 Å². The van der Waals surface area contributed by atoms with Crippen LogP contribution in [-0.2, 0) is 5.60 Å². The van der Waals surface area contributed by atoms with Gasteiger partial charge in [0.05, 0.1) is 12.7 Å². The number of rotatable bonds is 3. The Morgan fingerprint density at radius 1 is 1.39 bits per heavy atom. The third-order valence-electron chi connectivity index (χ3n) is 3.88. The van der Waals surface area contributed by atoms with Gasteiger partial charge >= 0.3 is 0 Å². The molecule has 0 heterocycles. The molecule has 0 spiro atoms. The molecule has 0 amide bonds. The summed E-state index contributed by atoms with van der Waals surface area (Å²) >= 11 is 0. The van der Waals surface area contributed by atoms with Crippen molar-refractivity contribution in [2.75, 3.05) is 14.2 Å². The Kier molecular flexibility index (Phi) is 3.88. The molecule has 0 bridgehead atoms. The predicted octanol–water partition coefficient (Wildman–Crippen LogP) is 2.18. The van der Waals surface area contributed by atoms with E-state index in [0.717, 1.165) is 12.8 Å². The summed E-state index contributed by atoms with van der Waals surface area (Å²) in [5, 5.41) is 13.9. The highest BCUT2D eigenvalue weighted by Crippen LogP contribution is 2.41. The lowest BCUT2D eigenvalue weighted by molar-refractivity contribution is -0.00972. The van der Waals surface area contributed by atoms with E-state index in [-0.39, 0.29) is 5.82 Å². The van der Waals surface area contributed by atoms with Gasteiger partial charge in [-0.05, 0) is 50.9 Å². The van der Waals surface area contributed by atoms with Gasteiger partial charge in [-0.1, -0.05) is 0 Å². The number of hydrogen-bond donors (Lipinski definition) is 2. The molecule has 0 saturated heterocycles. The van der Waals surface area contributed by atoms with Crippen LogP contribution >= 0.6 is 0 Å². The minimum atomic E-state index is -0.971. The van der Waals surface area contributed by atoms with Gasteiger partial charge in [0.25, 0.3) is 0 Å². The van der Waals surface area contributed by atoms with Crippen molar-refractivity contribution >= 4 is 0 Å². The summed E-state index contributed by atoms with van der Waals surface area (Å²) in [6.07, 6.45) is 3.01. The van der Waals surface area contributed by atoms with Gasteiger partial charge in [0.2, 0.25) is 0 Å². The number of nitrogens with one attached hydrogen (secondary N) is 1. The van der Waals surface area contributed by atoms with Crippen LogP contribution in [0.2, 0.25) is 0 Å². The van der Waals surface area contributed by atoms with E-state index >= 15 is 0 Å². The molecule has 0 unspecified atom stereocenters. The van der Waals surface area contributed by atoms with E-state index in [1.54, 1.807) is 13.2 Å². The molecule has 3 nitrogen and oxygen atoms in total. The van der Waals surface area contributed by atoms with Gasteiger partial charge in [0, 0.05) is 11.6 Å². The van der Waals surface area contributed by atoms with Crippen molar-refractivity contribution in [2.45, 2.75) is 37.3 Å². The topological polar surface area (TPSA) is 41.5 Å². The van der Waals surface area contributed by atoms with Crippen molar-refractivity contribution in [1.82, 2.24) is 5.32 Å². The van der Waals surface area contributed by atoms with Crippen LogP contribution in [0.3, 0.4) is 0 Å². The van der Waals surface area contributed by atoms with E-state index in [1.807, 2.05) is 7.05 Å². The van der Waals surface area contributed by atoms with Gasteiger partial charge in [-0.15, -0.1) is 0 Å². The number of aliphatic hydroxyl groups is 1. The molecule has 1 fully saturated rings. The second kappa shape index (κ2) is 5.24. The molecule has 18 heavy (non-hydrogen) atoms. The van der Waals surface area contributed by atoms with E-state index in [1.165, 1.54) is 12.1 Å². The third-order valence-corrected chi connectivity index (χ3v) is 3.88. The Morgan fingerprint density at radius 2 is 2.06 bits per heavy atom. The molecular formula is C14H20FNO2. The SMILES string of the molecule is CNC1CCC(O)(c2cc(F)ccc2OC)CC1. The molecule has 100 valence electrons. The maximum absolute atomic E-state index is 13.4. The highest BCUT2D eigenvalue weighted by molar-refractivity contribution is 5.38. The first-order valence-electron chi connectivity index (χ1n) is 6.33. The highest BCUT2D eigenvalue weighted by atomic mass is 19.1. The lowest BCUT2D eigenvalue weighted by atomic mass is 9.77. The Hall–Kier alpha value is -1.13. The lowest BCUT2D eigenvalue weighted by Gasteiger charge is -2.37. The summed E-state index contributed by atoms with van der Waals surface area (Å²) < 4.78 is 18.6. The first kappa shape index (κ1) is 13.3. The Labute approximate surface area is 107 Å². The van der Waals surface area contributed by atoms with Crippen molar-refractivity contribution in [2.24, 2.45) is 0 Å². The first-order chi connectivity index (χ1) is 8.59. The average molecular weight is 253 g/mol.